The Balaban J connectivity index is 1.74. The fraction of sp³-hybridized carbons (Fsp3) is 0.200. The van der Waals surface area contributed by atoms with Crippen molar-refractivity contribution in [1.29, 1.82) is 0 Å². The minimum Gasteiger partial charge on any atom is -0.506 e. The SMILES string of the molecule is COc1ccc(/C=C/C(=O)NCCC(=O)Nc2ccc(C)cc2O)cc1. The molecule has 0 atom stereocenters. The fourth-order valence-corrected chi connectivity index (χ4v) is 2.21. The van der Waals surface area contributed by atoms with Crippen molar-refractivity contribution in [1.82, 2.24) is 5.32 Å². The highest BCUT2D eigenvalue weighted by molar-refractivity contribution is 5.94. The molecule has 0 aliphatic heterocycles. The van der Waals surface area contributed by atoms with E-state index in [0.717, 1.165) is 16.9 Å². The molecule has 6 heteroatoms. The van der Waals surface area contributed by atoms with Crippen LogP contribution in [0.3, 0.4) is 0 Å². The Morgan fingerprint density at radius 1 is 1.15 bits per heavy atom. The smallest absolute Gasteiger partial charge is 0.244 e. The molecule has 2 amide bonds. The molecule has 136 valence electrons. The third-order valence-corrected chi connectivity index (χ3v) is 3.62. The minimum absolute atomic E-state index is 0.0183. The highest BCUT2D eigenvalue weighted by atomic mass is 16.5. The summed E-state index contributed by atoms with van der Waals surface area (Å²) in [4.78, 5) is 23.6. The molecule has 0 unspecified atom stereocenters. The van der Waals surface area contributed by atoms with Crippen molar-refractivity contribution in [2.24, 2.45) is 0 Å². The number of hydrogen-bond donors (Lipinski definition) is 3. The summed E-state index contributed by atoms with van der Waals surface area (Å²) in [6, 6.07) is 12.3. The maximum absolute atomic E-state index is 11.9. The van der Waals surface area contributed by atoms with E-state index in [4.69, 9.17) is 4.74 Å². The molecule has 2 rings (SSSR count). The van der Waals surface area contributed by atoms with Crippen LogP contribution in [0, 0.1) is 6.92 Å². The number of hydrogen-bond acceptors (Lipinski definition) is 4. The average molecular weight is 354 g/mol. The summed E-state index contributed by atoms with van der Waals surface area (Å²) in [6.45, 7) is 2.05. The van der Waals surface area contributed by atoms with Gasteiger partial charge in [0.15, 0.2) is 0 Å². The molecule has 0 heterocycles. The van der Waals surface area contributed by atoms with Gasteiger partial charge >= 0.3 is 0 Å². The van der Waals surface area contributed by atoms with Crippen LogP contribution in [-0.2, 0) is 9.59 Å². The molecule has 0 saturated heterocycles. The molecule has 0 fully saturated rings. The Morgan fingerprint density at radius 3 is 2.54 bits per heavy atom. The number of carbonyl (C=O) groups excluding carboxylic acids is 2. The number of aromatic hydroxyl groups is 1. The Kier molecular flexibility index (Phi) is 6.79. The summed E-state index contributed by atoms with van der Waals surface area (Å²) >= 11 is 0. The highest BCUT2D eigenvalue weighted by Crippen LogP contribution is 2.23. The van der Waals surface area contributed by atoms with Crippen molar-refractivity contribution in [3.63, 3.8) is 0 Å². The summed E-state index contributed by atoms with van der Waals surface area (Å²) in [5.74, 6) is 0.192. The minimum atomic E-state index is -0.288. The van der Waals surface area contributed by atoms with Gasteiger partial charge in [0.05, 0.1) is 12.8 Å². The lowest BCUT2D eigenvalue weighted by Gasteiger charge is -2.08. The van der Waals surface area contributed by atoms with Gasteiger partial charge < -0.3 is 20.5 Å². The highest BCUT2D eigenvalue weighted by Gasteiger charge is 2.07. The monoisotopic (exact) mass is 354 g/mol. The quantitative estimate of drug-likeness (QED) is 0.527. The van der Waals surface area contributed by atoms with Gasteiger partial charge in [-0.2, -0.15) is 0 Å². The number of phenols is 1. The van der Waals surface area contributed by atoms with Crippen LogP contribution in [0.1, 0.15) is 17.5 Å². The number of carbonyl (C=O) groups is 2. The first kappa shape index (κ1) is 19.1. The van der Waals surface area contributed by atoms with Gasteiger partial charge in [0.25, 0.3) is 0 Å². The van der Waals surface area contributed by atoms with Gasteiger partial charge in [0.2, 0.25) is 11.8 Å². The first-order chi connectivity index (χ1) is 12.5. The van der Waals surface area contributed by atoms with Crippen molar-refractivity contribution in [2.75, 3.05) is 19.0 Å². The zero-order valence-electron chi connectivity index (χ0n) is 14.8. The molecule has 0 aliphatic rings. The molecule has 0 spiro atoms. The number of ether oxygens (including phenoxy) is 1. The van der Waals surface area contributed by atoms with Crippen LogP contribution in [-0.4, -0.2) is 30.6 Å². The van der Waals surface area contributed by atoms with Gasteiger partial charge in [0, 0.05) is 19.0 Å². The van der Waals surface area contributed by atoms with E-state index in [1.54, 1.807) is 31.4 Å². The van der Waals surface area contributed by atoms with Crippen molar-refractivity contribution in [3.8, 4) is 11.5 Å². The summed E-state index contributed by atoms with van der Waals surface area (Å²) in [5, 5.41) is 15.0. The van der Waals surface area contributed by atoms with Gasteiger partial charge in [-0.15, -0.1) is 0 Å². The molecule has 0 aliphatic carbocycles. The summed E-state index contributed by atoms with van der Waals surface area (Å²) in [6.07, 6.45) is 3.19. The Labute approximate surface area is 152 Å². The Hall–Kier alpha value is -3.28. The van der Waals surface area contributed by atoms with E-state index in [0.29, 0.717) is 5.69 Å². The van der Waals surface area contributed by atoms with Crippen molar-refractivity contribution in [2.45, 2.75) is 13.3 Å². The van der Waals surface area contributed by atoms with Crippen LogP contribution < -0.4 is 15.4 Å². The van der Waals surface area contributed by atoms with Crippen LogP contribution in [0.2, 0.25) is 0 Å². The molecule has 0 aromatic heterocycles. The van der Waals surface area contributed by atoms with E-state index in [2.05, 4.69) is 10.6 Å². The molecule has 0 bridgehead atoms. The Bertz CT molecular complexity index is 798. The number of amides is 2. The lowest BCUT2D eigenvalue weighted by atomic mass is 10.2. The number of aryl methyl sites for hydroxylation is 1. The lowest BCUT2D eigenvalue weighted by molar-refractivity contribution is -0.117. The van der Waals surface area contributed by atoms with Gasteiger partial charge in [0.1, 0.15) is 11.5 Å². The molecule has 6 nitrogen and oxygen atoms in total. The maximum Gasteiger partial charge on any atom is 0.244 e. The molecule has 0 saturated carbocycles. The van der Waals surface area contributed by atoms with Crippen molar-refractivity contribution >= 4 is 23.6 Å². The molecular formula is C20H22N2O4. The van der Waals surface area contributed by atoms with Crippen molar-refractivity contribution < 1.29 is 19.4 Å². The third kappa shape index (κ3) is 5.98. The van der Waals surface area contributed by atoms with Crippen LogP contribution in [0.4, 0.5) is 5.69 Å². The number of nitrogens with one attached hydrogen (secondary N) is 2. The predicted octanol–water partition coefficient (Wildman–Crippen LogP) is 2.87. The Morgan fingerprint density at radius 2 is 1.88 bits per heavy atom. The van der Waals surface area contributed by atoms with E-state index in [9.17, 15) is 14.7 Å². The van der Waals surface area contributed by atoms with Crippen LogP contribution >= 0.6 is 0 Å². The zero-order valence-corrected chi connectivity index (χ0v) is 14.8. The summed E-state index contributed by atoms with van der Waals surface area (Å²) in [5.41, 5.74) is 2.12. The second kappa shape index (κ2) is 9.27. The number of anilines is 1. The predicted molar refractivity (Wildman–Crippen MR) is 101 cm³/mol. The normalized spacial score (nSPS) is 10.5. The van der Waals surface area contributed by atoms with E-state index in [-0.39, 0.29) is 30.5 Å². The molecular weight excluding hydrogens is 332 g/mol. The number of benzene rings is 2. The summed E-state index contributed by atoms with van der Waals surface area (Å²) < 4.78 is 5.07. The third-order valence-electron chi connectivity index (χ3n) is 3.62. The van der Waals surface area contributed by atoms with Gasteiger partial charge in [-0.3, -0.25) is 9.59 Å². The van der Waals surface area contributed by atoms with Gasteiger partial charge in [-0.25, -0.2) is 0 Å². The average Bonchev–Trinajstić information content (AvgIpc) is 2.63. The van der Waals surface area contributed by atoms with E-state index in [1.807, 2.05) is 31.2 Å². The largest absolute Gasteiger partial charge is 0.506 e. The molecule has 2 aromatic rings. The second-order valence-electron chi connectivity index (χ2n) is 5.72. The van der Waals surface area contributed by atoms with Crippen LogP contribution in [0.25, 0.3) is 6.08 Å². The first-order valence-corrected chi connectivity index (χ1v) is 8.17. The maximum atomic E-state index is 11.9. The van der Waals surface area contributed by atoms with E-state index >= 15 is 0 Å². The number of methoxy groups -OCH3 is 1. The van der Waals surface area contributed by atoms with E-state index < -0.39 is 0 Å². The first-order valence-electron chi connectivity index (χ1n) is 8.17. The topological polar surface area (TPSA) is 87.7 Å². The van der Waals surface area contributed by atoms with Crippen LogP contribution in [0.5, 0.6) is 11.5 Å². The van der Waals surface area contributed by atoms with Gasteiger partial charge in [-0.1, -0.05) is 18.2 Å². The van der Waals surface area contributed by atoms with E-state index in [1.165, 1.54) is 6.08 Å². The molecule has 0 radical (unpaired) electrons. The van der Waals surface area contributed by atoms with Crippen LogP contribution in [0.15, 0.2) is 48.5 Å². The number of rotatable bonds is 7. The molecule has 26 heavy (non-hydrogen) atoms. The zero-order chi connectivity index (χ0) is 18.9. The van der Waals surface area contributed by atoms with Crippen molar-refractivity contribution in [3.05, 3.63) is 59.7 Å². The second-order valence-corrected chi connectivity index (χ2v) is 5.72. The van der Waals surface area contributed by atoms with Gasteiger partial charge in [-0.05, 0) is 48.4 Å². The lowest BCUT2D eigenvalue weighted by Crippen LogP contribution is -2.26. The number of phenolic OH excluding ortho intramolecular Hbond substituents is 1. The molecule has 2 aromatic carbocycles. The fourth-order valence-electron chi connectivity index (χ4n) is 2.21. The summed E-state index contributed by atoms with van der Waals surface area (Å²) in [7, 11) is 1.59. The molecule has 3 N–H and O–H groups in total. The standard InChI is InChI=1S/C20H22N2O4/c1-14-3-9-17(18(23)13-14)22-20(25)11-12-21-19(24)10-6-15-4-7-16(26-2)8-5-15/h3-10,13,23H,11-12H2,1-2H3,(H,21,24)(H,22,25)/b10-6+.